The number of hydrogen-bond acceptors (Lipinski definition) is 4. The number of morpholine rings is 1. The summed E-state index contributed by atoms with van der Waals surface area (Å²) in [5, 5.41) is 3.28. The SMILES string of the molecule is CCOc1ncccc1CNC(=NC)N1CCOC(c2cccc(C(F)(F)F)c2)C1.I. The minimum atomic E-state index is -4.38. The van der Waals surface area contributed by atoms with Crippen molar-refractivity contribution >= 4 is 29.9 Å². The number of pyridine rings is 1. The molecule has 1 aliphatic rings. The number of nitrogens with one attached hydrogen (secondary N) is 1. The summed E-state index contributed by atoms with van der Waals surface area (Å²) in [7, 11) is 1.67. The molecule has 0 spiro atoms. The molecule has 1 atom stereocenters. The van der Waals surface area contributed by atoms with Crippen molar-refractivity contribution in [1.82, 2.24) is 15.2 Å². The third kappa shape index (κ3) is 6.70. The van der Waals surface area contributed by atoms with E-state index >= 15 is 0 Å². The van der Waals surface area contributed by atoms with Crippen molar-refractivity contribution in [1.29, 1.82) is 0 Å². The molecular formula is C21H26F3IN4O2. The van der Waals surface area contributed by atoms with Crippen LogP contribution in [0.5, 0.6) is 5.88 Å². The lowest BCUT2D eigenvalue weighted by atomic mass is 10.0. The number of benzene rings is 1. The first-order valence-corrected chi connectivity index (χ1v) is 9.73. The Bertz CT molecular complexity index is 880. The van der Waals surface area contributed by atoms with Gasteiger partial charge in [0.15, 0.2) is 5.96 Å². The van der Waals surface area contributed by atoms with Crippen LogP contribution in [0.2, 0.25) is 0 Å². The first-order valence-electron chi connectivity index (χ1n) is 9.73. The molecule has 0 saturated carbocycles. The molecule has 0 amide bonds. The van der Waals surface area contributed by atoms with Crippen LogP contribution in [0.3, 0.4) is 0 Å². The highest BCUT2D eigenvalue weighted by molar-refractivity contribution is 14.0. The smallest absolute Gasteiger partial charge is 0.416 e. The van der Waals surface area contributed by atoms with Gasteiger partial charge in [-0.25, -0.2) is 4.98 Å². The minimum absolute atomic E-state index is 0. The van der Waals surface area contributed by atoms with Crippen LogP contribution in [0.25, 0.3) is 0 Å². The van der Waals surface area contributed by atoms with E-state index < -0.39 is 17.8 Å². The highest BCUT2D eigenvalue weighted by Crippen LogP contribution is 2.32. The number of guanidine groups is 1. The van der Waals surface area contributed by atoms with Gasteiger partial charge in [0.1, 0.15) is 6.10 Å². The number of ether oxygens (including phenoxy) is 2. The topological polar surface area (TPSA) is 59.0 Å². The molecule has 0 bridgehead atoms. The van der Waals surface area contributed by atoms with Crippen LogP contribution in [-0.2, 0) is 17.5 Å². The molecule has 0 aliphatic carbocycles. The maximum absolute atomic E-state index is 13.0. The first-order chi connectivity index (χ1) is 14.4. The van der Waals surface area contributed by atoms with E-state index in [4.69, 9.17) is 9.47 Å². The second-order valence-electron chi connectivity index (χ2n) is 6.73. The average molecular weight is 550 g/mol. The number of aromatic nitrogens is 1. The van der Waals surface area contributed by atoms with E-state index in [0.29, 0.717) is 50.3 Å². The van der Waals surface area contributed by atoms with Crippen molar-refractivity contribution < 1.29 is 22.6 Å². The van der Waals surface area contributed by atoms with Gasteiger partial charge >= 0.3 is 6.18 Å². The lowest BCUT2D eigenvalue weighted by molar-refractivity contribution is -0.137. The van der Waals surface area contributed by atoms with Crippen LogP contribution >= 0.6 is 24.0 Å². The molecule has 2 aromatic rings. The zero-order valence-corrected chi connectivity index (χ0v) is 19.7. The molecule has 2 heterocycles. The van der Waals surface area contributed by atoms with E-state index in [9.17, 15) is 13.2 Å². The van der Waals surface area contributed by atoms with Gasteiger partial charge in [-0.05, 0) is 30.7 Å². The molecular weight excluding hydrogens is 524 g/mol. The molecule has 10 heteroatoms. The zero-order valence-electron chi connectivity index (χ0n) is 17.4. The Morgan fingerprint density at radius 2 is 2.13 bits per heavy atom. The maximum atomic E-state index is 13.0. The van der Waals surface area contributed by atoms with Crippen LogP contribution in [-0.4, -0.2) is 49.2 Å². The van der Waals surface area contributed by atoms with Crippen LogP contribution in [0.15, 0.2) is 47.6 Å². The fourth-order valence-corrected chi connectivity index (χ4v) is 3.29. The second-order valence-corrected chi connectivity index (χ2v) is 6.73. The average Bonchev–Trinajstić information content (AvgIpc) is 2.75. The molecule has 1 fully saturated rings. The predicted octanol–water partition coefficient (Wildman–Crippen LogP) is 4.27. The molecule has 3 rings (SSSR count). The van der Waals surface area contributed by atoms with Crippen molar-refractivity contribution in [3.05, 3.63) is 59.3 Å². The summed E-state index contributed by atoms with van der Waals surface area (Å²) in [5.41, 5.74) is 0.710. The Morgan fingerprint density at radius 3 is 2.84 bits per heavy atom. The van der Waals surface area contributed by atoms with Gasteiger partial charge in [0.2, 0.25) is 5.88 Å². The quantitative estimate of drug-likeness (QED) is 0.343. The predicted molar refractivity (Wildman–Crippen MR) is 123 cm³/mol. The van der Waals surface area contributed by atoms with Gasteiger partial charge in [-0.3, -0.25) is 4.99 Å². The summed E-state index contributed by atoms with van der Waals surface area (Å²) in [6.45, 7) is 4.24. The largest absolute Gasteiger partial charge is 0.478 e. The summed E-state index contributed by atoms with van der Waals surface area (Å²) in [6.07, 6.45) is -3.19. The van der Waals surface area contributed by atoms with E-state index in [2.05, 4.69) is 15.3 Å². The summed E-state index contributed by atoms with van der Waals surface area (Å²) >= 11 is 0. The van der Waals surface area contributed by atoms with Gasteiger partial charge in [0.05, 0.1) is 25.3 Å². The van der Waals surface area contributed by atoms with Crippen LogP contribution in [0.4, 0.5) is 13.2 Å². The fraction of sp³-hybridized carbons (Fsp3) is 0.429. The fourth-order valence-electron chi connectivity index (χ4n) is 3.29. The molecule has 1 aromatic carbocycles. The van der Waals surface area contributed by atoms with Gasteiger partial charge in [-0.15, -0.1) is 24.0 Å². The highest BCUT2D eigenvalue weighted by atomic mass is 127. The minimum Gasteiger partial charge on any atom is -0.478 e. The lowest BCUT2D eigenvalue weighted by Gasteiger charge is -2.35. The van der Waals surface area contributed by atoms with Crippen molar-refractivity contribution in [2.45, 2.75) is 25.7 Å². The van der Waals surface area contributed by atoms with Crippen molar-refractivity contribution in [2.75, 3.05) is 33.4 Å². The molecule has 1 saturated heterocycles. The standard InChI is InChI=1S/C21H25F3N4O2.HI/c1-3-29-19-16(7-5-9-26-19)13-27-20(25-2)28-10-11-30-18(14-28)15-6-4-8-17(12-15)21(22,23)24;/h4-9,12,18H,3,10-11,13-14H2,1-2H3,(H,25,27);1H. The van der Waals surface area contributed by atoms with E-state index in [-0.39, 0.29) is 24.0 Å². The van der Waals surface area contributed by atoms with Crippen molar-refractivity contribution in [3.63, 3.8) is 0 Å². The summed E-state index contributed by atoms with van der Waals surface area (Å²) in [4.78, 5) is 10.5. The molecule has 1 aliphatic heterocycles. The van der Waals surface area contributed by atoms with Gasteiger partial charge in [0.25, 0.3) is 0 Å². The number of hydrogen-bond donors (Lipinski definition) is 1. The van der Waals surface area contributed by atoms with Gasteiger partial charge in [0, 0.05) is 31.9 Å². The zero-order chi connectivity index (χ0) is 21.6. The highest BCUT2D eigenvalue weighted by Gasteiger charge is 2.32. The Balaban J connectivity index is 0.00000341. The molecule has 31 heavy (non-hydrogen) atoms. The lowest BCUT2D eigenvalue weighted by Crippen LogP contribution is -2.48. The summed E-state index contributed by atoms with van der Waals surface area (Å²) < 4.78 is 50.4. The van der Waals surface area contributed by atoms with Crippen molar-refractivity contribution in [3.8, 4) is 5.88 Å². The molecule has 1 unspecified atom stereocenters. The van der Waals surface area contributed by atoms with E-state index in [1.165, 1.54) is 6.07 Å². The molecule has 170 valence electrons. The first kappa shape index (κ1) is 25.2. The third-order valence-electron chi connectivity index (χ3n) is 4.73. The van der Waals surface area contributed by atoms with E-state index in [0.717, 1.165) is 17.7 Å². The van der Waals surface area contributed by atoms with Gasteiger partial charge in [-0.2, -0.15) is 13.2 Å². The second kappa shape index (κ2) is 11.5. The number of rotatable bonds is 5. The Morgan fingerprint density at radius 1 is 1.32 bits per heavy atom. The summed E-state index contributed by atoms with van der Waals surface area (Å²) in [6, 6.07) is 9.03. The Hall–Kier alpha value is -2.08. The molecule has 1 N–H and O–H groups in total. The number of aliphatic imine (C=N–C) groups is 1. The molecule has 0 radical (unpaired) electrons. The van der Waals surface area contributed by atoms with Gasteiger partial charge in [-0.1, -0.05) is 18.2 Å². The number of alkyl halides is 3. The number of halogens is 4. The Labute approximate surface area is 196 Å². The van der Waals surface area contributed by atoms with Crippen LogP contribution in [0, 0.1) is 0 Å². The maximum Gasteiger partial charge on any atom is 0.416 e. The third-order valence-corrected chi connectivity index (χ3v) is 4.73. The Kier molecular flexibility index (Phi) is 9.35. The van der Waals surface area contributed by atoms with Gasteiger partial charge < -0.3 is 19.7 Å². The molecule has 6 nitrogen and oxygen atoms in total. The van der Waals surface area contributed by atoms with E-state index in [1.807, 2.05) is 24.0 Å². The molecule has 1 aromatic heterocycles. The number of nitrogens with zero attached hydrogens (tertiary/aromatic N) is 3. The van der Waals surface area contributed by atoms with Crippen molar-refractivity contribution in [2.24, 2.45) is 4.99 Å². The monoisotopic (exact) mass is 550 g/mol. The summed E-state index contributed by atoms with van der Waals surface area (Å²) in [5.74, 6) is 1.20. The normalized spacial score (nSPS) is 17.1. The van der Waals surface area contributed by atoms with E-state index in [1.54, 1.807) is 19.3 Å². The van der Waals surface area contributed by atoms with Crippen LogP contribution < -0.4 is 10.1 Å². The van der Waals surface area contributed by atoms with Crippen LogP contribution in [0.1, 0.15) is 29.7 Å².